The third-order valence-electron chi connectivity index (χ3n) is 3.29. The Kier molecular flexibility index (Phi) is 7.47. The van der Waals surface area contributed by atoms with Crippen LogP contribution < -0.4 is 11.5 Å². The Labute approximate surface area is 153 Å². The molecule has 2 rings (SSSR count). The van der Waals surface area contributed by atoms with Gasteiger partial charge >= 0.3 is 6.18 Å². The fourth-order valence-corrected chi connectivity index (χ4v) is 2.03. The number of amides is 1. The summed E-state index contributed by atoms with van der Waals surface area (Å²) < 4.78 is 41.4. The van der Waals surface area contributed by atoms with Crippen LogP contribution in [-0.2, 0) is 6.18 Å². The molecule has 1 aromatic carbocycles. The van der Waals surface area contributed by atoms with Gasteiger partial charge in [0.1, 0.15) is 0 Å². The van der Waals surface area contributed by atoms with Gasteiger partial charge in [-0.25, -0.2) is 4.98 Å². The third-order valence-corrected chi connectivity index (χ3v) is 3.29. The lowest BCUT2D eigenvalue weighted by molar-refractivity contribution is -0.137. The van der Waals surface area contributed by atoms with Gasteiger partial charge in [-0.3, -0.25) is 4.79 Å². The van der Waals surface area contributed by atoms with Crippen molar-refractivity contribution in [3.63, 3.8) is 0 Å². The second-order valence-electron chi connectivity index (χ2n) is 4.86. The van der Waals surface area contributed by atoms with E-state index in [1.165, 1.54) is 23.0 Å². The highest BCUT2D eigenvalue weighted by atomic mass is 35.5. The van der Waals surface area contributed by atoms with E-state index in [9.17, 15) is 18.0 Å². The molecule has 138 valence electrons. The second-order valence-corrected chi connectivity index (χ2v) is 4.86. The topological polar surface area (TPSA) is 99.3 Å². The number of imidazole rings is 1. The second kappa shape index (κ2) is 8.21. The van der Waals surface area contributed by atoms with Crippen molar-refractivity contribution in [1.82, 2.24) is 9.55 Å². The van der Waals surface area contributed by atoms with E-state index < -0.39 is 23.6 Å². The van der Waals surface area contributed by atoms with Gasteiger partial charge in [-0.15, -0.1) is 24.8 Å². The zero-order valence-electron chi connectivity index (χ0n) is 13.2. The first-order valence-corrected chi connectivity index (χ1v) is 6.47. The summed E-state index contributed by atoms with van der Waals surface area (Å²) in [6.45, 7) is 3.34. The van der Waals surface area contributed by atoms with Crippen LogP contribution in [0.25, 0.3) is 5.69 Å². The van der Waals surface area contributed by atoms with Crippen molar-refractivity contribution >= 4 is 36.7 Å². The molecule has 2 aromatic rings. The number of hydrogen-bond donors (Lipinski definition) is 2. The SMILES string of the molecule is Cc1ncn(-c2ccc(C(=O)N=C(N)N)cc2C(F)(F)F)c1C.Cl.Cl. The van der Waals surface area contributed by atoms with Crippen molar-refractivity contribution in [1.29, 1.82) is 0 Å². The van der Waals surface area contributed by atoms with Gasteiger partial charge in [-0.2, -0.15) is 18.2 Å². The molecular formula is C14H16Cl2F3N5O. The number of halogens is 5. The number of rotatable bonds is 2. The van der Waals surface area contributed by atoms with Gasteiger partial charge in [-0.1, -0.05) is 0 Å². The number of aromatic nitrogens is 2. The molecule has 1 aromatic heterocycles. The minimum absolute atomic E-state index is 0. The van der Waals surface area contributed by atoms with Crippen LogP contribution in [0.1, 0.15) is 27.3 Å². The first-order chi connectivity index (χ1) is 10.6. The van der Waals surface area contributed by atoms with Crippen molar-refractivity contribution in [2.45, 2.75) is 20.0 Å². The van der Waals surface area contributed by atoms with Crippen LogP contribution in [0.4, 0.5) is 13.2 Å². The number of nitrogens with two attached hydrogens (primary N) is 2. The van der Waals surface area contributed by atoms with Crippen molar-refractivity contribution in [3.05, 3.63) is 47.0 Å². The van der Waals surface area contributed by atoms with E-state index >= 15 is 0 Å². The van der Waals surface area contributed by atoms with Crippen LogP contribution in [0, 0.1) is 13.8 Å². The van der Waals surface area contributed by atoms with Crippen LogP contribution in [0.5, 0.6) is 0 Å². The Balaban J connectivity index is 0.00000288. The largest absolute Gasteiger partial charge is 0.418 e. The van der Waals surface area contributed by atoms with Gasteiger partial charge in [0, 0.05) is 11.3 Å². The van der Waals surface area contributed by atoms with Gasteiger partial charge in [0.05, 0.1) is 23.3 Å². The zero-order valence-corrected chi connectivity index (χ0v) is 14.8. The van der Waals surface area contributed by atoms with E-state index in [0.717, 1.165) is 6.07 Å². The monoisotopic (exact) mass is 397 g/mol. The first kappa shape index (κ1) is 22.7. The van der Waals surface area contributed by atoms with E-state index in [4.69, 9.17) is 11.5 Å². The summed E-state index contributed by atoms with van der Waals surface area (Å²) in [6, 6.07) is 3.14. The molecule has 0 radical (unpaired) electrons. The Morgan fingerprint density at radius 1 is 1.20 bits per heavy atom. The number of nitrogens with zero attached hydrogens (tertiary/aromatic N) is 3. The van der Waals surface area contributed by atoms with Gasteiger partial charge in [0.25, 0.3) is 5.91 Å². The van der Waals surface area contributed by atoms with E-state index in [1.807, 2.05) is 0 Å². The van der Waals surface area contributed by atoms with Gasteiger partial charge in [0.2, 0.25) is 0 Å². The highest BCUT2D eigenvalue weighted by molar-refractivity contribution is 6.02. The molecule has 1 amide bonds. The number of aryl methyl sites for hydroxylation is 1. The molecule has 25 heavy (non-hydrogen) atoms. The molecule has 0 aliphatic heterocycles. The predicted octanol–water partition coefficient (Wildman–Crippen LogP) is 2.77. The summed E-state index contributed by atoms with van der Waals surface area (Å²) in [5, 5.41) is 0. The Bertz CT molecular complexity index is 798. The highest BCUT2D eigenvalue weighted by Gasteiger charge is 2.35. The van der Waals surface area contributed by atoms with E-state index in [-0.39, 0.29) is 36.1 Å². The molecule has 0 spiro atoms. The molecule has 0 fully saturated rings. The summed E-state index contributed by atoms with van der Waals surface area (Å²) in [7, 11) is 0. The van der Waals surface area contributed by atoms with Crippen LogP contribution >= 0.6 is 24.8 Å². The summed E-state index contributed by atoms with van der Waals surface area (Å²) in [6.07, 6.45) is -3.36. The fourth-order valence-electron chi connectivity index (χ4n) is 2.03. The normalized spacial score (nSPS) is 10.4. The molecule has 0 saturated heterocycles. The van der Waals surface area contributed by atoms with Crippen molar-refractivity contribution in [3.8, 4) is 5.69 Å². The van der Waals surface area contributed by atoms with Gasteiger partial charge < -0.3 is 16.0 Å². The van der Waals surface area contributed by atoms with E-state index in [0.29, 0.717) is 11.4 Å². The number of alkyl halides is 3. The predicted molar refractivity (Wildman–Crippen MR) is 92.7 cm³/mol. The number of carbonyl (C=O) groups excluding carboxylic acids is 1. The lowest BCUT2D eigenvalue weighted by atomic mass is 10.1. The number of hydrogen-bond acceptors (Lipinski definition) is 2. The molecule has 6 nitrogen and oxygen atoms in total. The first-order valence-electron chi connectivity index (χ1n) is 6.47. The summed E-state index contributed by atoms with van der Waals surface area (Å²) in [5.74, 6) is -1.46. The average molecular weight is 398 g/mol. The Morgan fingerprint density at radius 3 is 2.24 bits per heavy atom. The molecule has 0 unspecified atom stereocenters. The van der Waals surface area contributed by atoms with Crippen molar-refractivity contribution in [2.24, 2.45) is 16.5 Å². The van der Waals surface area contributed by atoms with E-state index in [1.54, 1.807) is 13.8 Å². The van der Waals surface area contributed by atoms with Crippen LogP contribution in [0.15, 0.2) is 29.5 Å². The molecule has 0 aliphatic rings. The average Bonchev–Trinajstić information content (AvgIpc) is 2.76. The maximum Gasteiger partial charge on any atom is 0.418 e. The Morgan fingerprint density at radius 2 is 1.80 bits per heavy atom. The molecule has 0 bridgehead atoms. The van der Waals surface area contributed by atoms with Crippen LogP contribution in [0.2, 0.25) is 0 Å². The fraction of sp³-hybridized carbons (Fsp3) is 0.214. The molecule has 0 atom stereocenters. The van der Waals surface area contributed by atoms with Crippen molar-refractivity contribution < 1.29 is 18.0 Å². The van der Waals surface area contributed by atoms with Crippen LogP contribution in [-0.4, -0.2) is 21.4 Å². The summed E-state index contributed by atoms with van der Waals surface area (Å²) in [4.78, 5) is 18.9. The minimum atomic E-state index is -4.66. The smallest absolute Gasteiger partial charge is 0.370 e. The molecule has 1 heterocycles. The number of carbonyl (C=O) groups is 1. The Hall–Kier alpha value is -2.26. The maximum absolute atomic E-state index is 13.3. The maximum atomic E-state index is 13.3. The number of guanidine groups is 1. The standard InChI is InChI=1S/C14H14F3N5O.2ClH/c1-7-8(2)22(6-20-7)11-4-3-9(12(23)21-13(18)19)5-10(11)14(15,16)17;;/h3-6H,1-2H3,(H4,18,19,21,23);2*1H. The van der Waals surface area contributed by atoms with Gasteiger partial charge in [-0.05, 0) is 32.0 Å². The summed E-state index contributed by atoms with van der Waals surface area (Å²) in [5.41, 5.74) is 9.95. The minimum Gasteiger partial charge on any atom is -0.370 e. The molecule has 0 aliphatic carbocycles. The van der Waals surface area contributed by atoms with Crippen molar-refractivity contribution in [2.75, 3.05) is 0 Å². The highest BCUT2D eigenvalue weighted by Crippen LogP contribution is 2.35. The lowest BCUT2D eigenvalue weighted by Gasteiger charge is -2.15. The third kappa shape index (κ3) is 4.86. The molecule has 11 heteroatoms. The number of aliphatic imine (C=N–C) groups is 1. The molecule has 0 saturated carbocycles. The van der Waals surface area contributed by atoms with Gasteiger partial charge in [0.15, 0.2) is 5.96 Å². The number of benzene rings is 1. The van der Waals surface area contributed by atoms with E-state index in [2.05, 4.69) is 9.98 Å². The quantitative estimate of drug-likeness (QED) is 0.600. The molecular weight excluding hydrogens is 382 g/mol. The molecule has 4 N–H and O–H groups in total. The summed E-state index contributed by atoms with van der Waals surface area (Å²) >= 11 is 0. The zero-order chi connectivity index (χ0) is 17.4. The van der Waals surface area contributed by atoms with Crippen LogP contribution in [0.3, 0.4) is 0 Å². The lowest BCUT2D eigenvalue weighted by Crippen LogP contribution is -2.24.